The fraction of sp³-hybridized carbons (Fsp3) is 0.263. The fourth-order valence-electron chi connectivity index (χ4n) is 2.36. The zero-order chi connectivity index (χ0) is 18.9. The van der Waals surface area contributed by atoms with Crippen LogP contribution in [0.4, 0.5) is 5.69 Å². The zero-order valence-electron chi connectivity index (χ0n) is 14.7. The number of rotatable bonds is 8. The number of methoxy groups -OCH3 is 2. The highest BCUT2D eigenvalue weighted by Crippen LogP contribution is 2.27. The first-order chi connectivity index (χ1) is 12.5. The van der Waals surface area contributed by atoms with Gasteiger partial charge >= 0.3 is 0 Å². The number of amides is 2. The minimum Gasteiger partial charge on any atom is -0.493 e. The molecule has 2 rings (SSSR count). The standard InChI is InChI=1S/C19H21ClN2O4/c1-25-16-7-6-13(10-17(16)26-2)8-9-21-18(23)12-19(24)22-15-5-3-4-14(20)11-15/h3-7,10-11H,8-9,12H2,1-2H3,(H,21,23)(H,22,24). The van der Waals surface area contributed by atoms with Gasteiger partial charge in [0.05, 0.1) is 14.2 Å². The van der Waals surface area contributed by atoms with Crippen molar-refractivity contribution in [2.45, 2.75) is 12.8 Å². The van der Waals surface area contributed by atoms with Crippen LogP contribution in [0.25, 0.3) is 0 Å². The first-order valence-electron chi connectivity index (χ1n) is 8.05. The predicted octanol–water partition coefficient (Wildman–Crippen LogP) is 3.04. The van der Waals surface area contributed by atoms with E-state index in [0.717, 1.165) is 5.56 Å². The van der Waals surface area contributed by atoms with Gasteiger partial charge in [-0.1, -0.05) is 23.7 Å². The number of nitrogens with one attached hydrogen (secondary N) is 2. The quantitative estimate of drug-likeness (QED) is 0.694. The summed E-state index contributed by atoms with van der Waals surface area (Å²) in [6, 6.07) is 12.3. The van der Waals surface area contributed by atoms with Gasteiger partial charge in [-0.2, -0.15) is 0 Å². The molecule has 0 unspecified atom stereocenters. The van der Waals surface area contributed by atoms with E-state index in [0.29, 0.717) is 35.2 Å². The second kappa shape index (κ2) is 9.68. The van der Waals surface area contributed by atoms with Gasteiger partial charge in [0, 0.05) is 17.3 Å². The van der Waals surface area contributed by atoms with E-state index in [-0.39, 0.29) is 12.3 Å². The summed E-state index contributed by atoms with van der Waals surface area (Å²) in [4.78, 5) is 23.8. The number of carbonyl (C=O) groups excluding carboxylic acids is 2. The maximum Gasteiger partial charge on any atom is 0.233 e. The third kappa shape index (κ3) is 5.97. The number of ether oxygens (including phenoxy) is 2. The van der Waals surface area contributed by atoms with Crippen LogP contribution in [0, 0.1) is 0 Å². The minimum atomic E-state index is -0.393. The van der Waals surface area contributed by atoms with Crippen molar-refractivity contribution in [1.29, 1.82) is 0 Å². The Morgan fingerprint density at radius 2 is 1.77 bits per heavy atom. The summed E-state index contributed by atoms with van der Waals surface area (Å²) in [6.45, 7) is 0.415. The molecule has 0 atom stereocenters. The third-order valence-corrected chi connectivity index (χ3v) is 3.85. The van der Waals surface area contributed by atoms with Gasteiger partial charge in [-0.3, -0.25) is 9.59 Å². The summed E-state index contributed by atoms with van der Waals surface area (Å²) in [7, 11) is 3.15. The molecule has 2 aromatic carbocycles. The Bertz CT molecular complexity index is 780. The molecule has 0 fully saturated rings. The molecule has 0 spiro atoms. The number of hydrogen-bond donors (Lipinski definition) is 2. The lowest BCUT2D eigenvalue weighted by Crippen LogP contribution is -2.29. The van der Waals surface area contributed by atoms with Crippen LogP contribution in [-0.4, -0.2) is 32.6 Å². The molecule has 26 heavy (non-hydrogen) atoms. The highest BCUT2D eigenvalue weighted by molar-refractivity contribution is 6.30. The molecule has 2 amide bonds. The average molecular weight is 377 g/mol. The summed E-state index contributed by atoms with van der Waals surface area (Å²) >= 11 is 5.85. The van der Waals surface area contributed by atoms with Crippen LogP contribution < -0.4 is 20.1 Å². The van der Waals surface area contributed by atoms with E-state index >= 15 is 0 Å². The SMILES string of the molecule is COc1ccc(CCNC(=O)CC(=O)Nc2cccc(Cl)c2)cc1OC. The number of benzene rings is 2. The second-order valence-corrected chi connectivity index (χ2v) is 5.96. The van der Waals surface area contributed by atoms with E-state index in [1.807, 2.05) is 18.2 Å². The molecule has 0 heterocycles. The zero-order valence-corrected chi connectivity index (χ0v) is 15.4. The summed E-state index contributed by atoms with van der Waals surface area (Å²) in [5.74, 6) is 0.552. The number of carbonyl (C=O) groups is 2. The molecule has 0 radical (unpaired) electrons. The van der Waals surface area contributed by atoms with Gasteiger partial charge in [0.15, 0.2) is 11.5 Å². The molecule has 2 N–H and O–H groups in total. The molecule has 7 heteroatoms. The van der Waals surface area contributed by atoms with Crippen LogP contribution in [0.1, 0.15) is 12.0 Å². The molecule has 0 aliphatic rings. The Hall–Kier alpha value is -2.73. The van der Waals surface area contributed by atoms with Gasteiger partial charge in [0.25, 0.3) is 0 Å². The van der Waals surface area contributed by atoms with E-state index in [1.165, 1.54) is 0 Å². The lowest BCUT2D eigenvalue weighted by Gasteiger charge is -2.10. The van der Waals surface area contributed by atoms with Crippen LogP contribution in [0.15, 0.2) is 42.5 Å². The summed E-state index contributed by atoms with van der Waals surface area (Å²) in [6.07, 6.45) is 0.362. The molecular formula is C19H21ClN2O4. The summed E-state index contributed by atoms with van der Waals surface area (Å²) in [5.41, 5.74) is 1.55. The van der Waals surface area contributed by atoms with Crippen LogP contribution in [0.3, 0.4) is 0 Å². The molecule has 0 aliphatic carbocycles. The highest BCUT2D eigenvalue weighted by atomic mass is 35.5. The van der Waals surface area contributed by atoms with Crippen molar-refractivity contribution >= 4 is 29.1 Å². The second-order valence-electron chi connectivity index (χ2n) is 5.52. The Labute approximate surface area is 157 Å². The first kappa shape index (κ1) is 19.6. The number of anilines is 1. The predicted molar refractivity (Wildman–Crippen MR) is 101 cm³/mol. The molecule has 2 aromatic rings. The van der Waals surface area contributed by atoms with E-state index in [4.69, 9.17) is 21.1 Å². The third-order valence-electron chi connectivity index (χ3n) is 3.61. The van der Waals surface area contributed by atoms with Gasteiger partial charge < -0.3 is 20.1 Å². The Balaban J connectivity index is 1.77. The largest absolute Gasteiger partial charge is 0.493 e. The van der Waals surface area contributed by atoms with Crippen LogP contribution in [0.2, 0.25) is 5.02 Å². The van der Waals surface area contributed by atoms with Gasteiger partial charge in [0.2, 0.25) is 11.8 Å². The Kier molecular flexibility index (Phi) is 7.29. The van der Waals surface area contributed by atoms with Crippen molar-refractivity contribution in [3.05, 3.63) is 53.1 Å². The first-order valence-corrected chi connectivity index (χ1v) is 8.42. The Morgan fingerprint density at radius 1 is 1.00 bits per heavy atom. The van der Waals surface area contributed by atoms with Crippen LogP contribution in [-0.2, 0) is 16.0 Å². The molecule has 0 saturated carbocycles. The van der Waals surface area contributed by atoms with Crippen molar-refractivity contribution in [2.75, 3.05) is 26.1 Å². The van der Waals surface area contributed by atoms with Crippen molar-refractivity contribution in [3.8, 4) is 11.5 Å². The summed E-state index contributed by atoms with van der Waals surface area (Å²) in [5, 5.41) is 5.88. The maximum atomic E-state index is 11.9. The van der Waals surface area contributed by atoms with Crippen LogP contribution >= 0.6 is 11.6 Å². The normalized spacial score (nSPS) is 10.1. The van der Waals surface area contributed by atoms with Gasteiger partial charge in [-0.15, -0.1) is 0 Å². The van der Waals surface area contributed by atoms with E-state index in [9.17, 15) is 9.59 Å². The van der Waals surface area contributed by atoms with Crippen molar-refractivity contribution < 1.29 is 19.1 Å². The smallest absolute Gasteiger partial charge is 0.233 e. The van der Waals surface area contributed by atoms with Crippen molar-refractivity contribution in [2.24, 2.45) is 0 Å². The molecule has 6 nitrogen and oxygen atoms in total. The number of hydrogen-bond acceptors (Lipinski definition) is 4. The highest BCUT2D eigenvalue weighted by Gasteiger charge is 2.10. The molecule has 138 valence electrons. The lowest BCUT2D eigenvalue weighted by atomic mass is 10.1. The molecule has 0 aromatic heterocycles. The van der Waals surface area contributed by atoms with E-state index in [2.05, 4.69) is 10.6 Å². The number of halogens is 1. The van der Waals surface area contributed by atoms with E-state index in [1.54, 1.807) is 38.5 Å². The maximum absolute atomic E-state index is 11.9. The molecular weight excluding hydrogens is 356 g/mol. The van der Waals surface area contributed by atoms with Gasteiger partial charge in [-0.05, 0) is 42.3 Å². The van der Waals surface area contributed by atoms with Crippen molar-refractivity contribution in [1.82, 2.24) is 5.32 Å². The lowest BCUT2D eigenvalue weighted by molar-refractivity contribution is -0.126. The minimum absolute atomic E-state index is 0.252. The van der Waals surface area contributed by atoms with Gasteiger partial charge in [-0.25, -0.2) is 0 Å². The Morgan fingerprint density at radius 3 is 2.46 bits per heavy atom. The average Bonchev–Trinajstić information content (AvgIpc) is 2.61. The molecule has 0 aliphatic heterocycles. The monoisotopic (exact) mass is 376 g/mol. The van der Waals surface area contributed by atoms with Crippen molar-refractivity contribution in [3.63, 3.8) is 0 Å². The fourth-order valence-corrected chi connectivity index (χ4v) is 2.55. The summed E-state index contributed by atoms with van der Waals surface area (Å²) < 4.78 is 10.4. The van der Waals surface area contributed by atoms with E-state index < -0.39 is 5.91 Å². The van der Waals surface area contributed by atoms with Crippen LogP contribution in [0.5, 0.6) is 11.5 Å². The van der Waals surface area contributed by atoms with Gasteiger partial charge in [0.1, 0.15) is 6.42 Å². The topological polar surface area (TPSA) is 76.7 Å². The molecule has 0 bridgehead atoms. The molecule has 0 saturated heterocycles.